The van der Waals surface area contributed by atoms with Gasteiger partial charge in [0.25, 0.3) is 5.69 Å². The quantitative estimate of drug-likeness (QED) is 0.456. The van der Waals surface area contributed by atoms with Crippen molar-refractivity contribution in [2.24, 2.45) is 5.41 Å². The summed E-state index contributed by atoms with van der Waals surface area (Å²) < 4.78 is 13.8. The zero-order valence-corrected chi connectivity index (χ0v) is 14.2. The Kier molecular flexibility index (Phi) is 5.69. The van der Waals surface area contributed by atoms with E-state index in [1.807, 2.05) is 19.0 Å². The normalized spacial score (nSPS) is 11.8. The number of benzene rings is 1. The maximum Gasteiger partial charge on any atom is 0.293 e. The Morgan fingerprint density at radius 3 is 2.55 bits per heavy atom. The molecule has 0 fully saturated rings. The lowest BCUT2D eigenvalue weighted by Gasteiger charge is -2.28. The number of rotatable bonds is 6. The summed E-state index contributed by atoms with van der Waals surface area (Å²) in [5, 5.41) is 14.0. The molecule has 0 unspecified atom stereocenters. The number of nitro benzene ring substituents is 1. The van der Waals surface area contributed by atoms with E-state index in [1.165, 1.54) is 12.1 Å². The third-order valence-electron chi connectivity index (χ3n) is 2.74. The smallest absolute Gasteiger partial charge is 0.293 e. The van der Waals surface area contributed by atoms with Crippen LogP contribution < -0.4 is 5.32 Å². The number of nitro groups is 1. The SMILES string of the molecule is CN(C)CC(C)(C)CNc1cc(F)c(I)cc1[N+](=O)[O-]. The van der Waals surface area contributed by atoms with Crippen molar-refractivity contribution in [2.45, 2.75) is 13.8 Å². The largest absolute Gasteiger partial charge is 0.379 e. The fraction of sp³-hybridized carbons (Fsp3) is 0.538. The van der Waals surface area contributed by atoms with Crippen LogP contribution in [0.15, 0.2) is 12.1 Å². The Morgan fingerprint density at radius 1 is 1.45 bits per heavy atom. The maximum absolute atomic E-state index is 13.6. The second kappa shape index (κ2) is 6.66. The molecule has 1 aromatic carbocycles. The van der Waals surface area contributed by atoms with Crippen LogP contribution in [0.25, 0.3) is 0 Å². The molecule has 0 aliphatic carbocycles. The van der Waals surface area contributed by atoms with Crippen LogP contribution in [0.4, 0.5) is 15.8 Å². The van der Waals surface area contributed by atoms with Crippen LogP contribution in [0.5, 0.6) is 0 Å². The summed E-state index contributed by atoms with van der Waals surface area (Å²) in [4.78, 5) is 12.6. The molecule has 0 amide bonds. The van der Waals surface area contributed by atoms with Crippen molar-refractivity contribution in [3.63, 3.8) is 0 Å². The van der Waals surface area contributed by atoms with Gasteiger partial charge in [0, 0.05) is 25.2 Å². The van der Waals surface area contributed by atoms with Crippen molar-refractivity contribution in [3.8, 4) is 0 Å². The summed E-state index contributed by atoms with van der Waals surface area (Å²) in [5.41, 5.74) is 0.0350. The van der Waals surface area contributed by atoms with Gasteiger partial charge in [-0.15, -0.1) is 0 Å². The van der Waals surface area contributed by atoms with E-state index in [0.29, 0.717) is 6.54 Å². The first-order valence-corrected chi connectivity index (χ1v) is 7.22. The van der Waals surface area contributed by atoms with Gasteiger partial charge in [-0.05, 0) is 42.1 Å². The van der Waals surface area contributed by atoms with Gasteiger partial charge < -0.3 is 10.2 Å². The molecule has 7 heteroatoms. The molecule has 0 radical (unpaired) electrons. The van der Waals surface area contributed by atoms with E-state index in [4.69, 9.17) is 0 Å². The summed E-state index contributed by atoms with van der Waals surface area (Å²) >= 11 is 1.75. The van der Waals surface area contributed by atoms with Crippen LogP contribution in [0.3, 0.4) is 0 Å². The van der Waals surface area contributed by atoms with Gasteiger partial charge in [-0.1, -0.05) is 13.8 Å². The third-order valence-corrected chi connectivity index (χ3v) is 3.56. The van der Waals surface area contributed by atoms with Crippen LogP contribution in [0.1, 0.15) is 13.8 Å². The van der Waals surface area contributed by atoms with Gasteiger partial charge in [0.2, 0.25) is 0 Å². The average molecular weight is 395 g/mol. The van der Waals surface area contributed by atoms with E-state index in [9.17, 15) is 14.5 Å². The molecule has 5 nitrogen and oxygen atoms in total. The predicted octanol–water partition coefficient (Wildman–Crippen LogP) is 3.34. The molecular formula is C13H19FIN3O2. The molecule has 0 saturated carbocycles. The van der Waals surface area contributed by atoms with E-state index in [-0.39, 0.29) is 20.4 Å². The Morgan fingerprint density at radius 2 is 2.05 bits per heavy atom. The second-order valence-corrected chi connectivity index (χ2v) is 6.96. The Bertz CT molecular complexity index is 507. The molecule has 0 aliphatic heterocycles. The van der Waals surface area contributed by atoms with Crippen molar-refractivity contribution >= 4 is 34.0 Å². The number of hydrogen-bond donors (Lipinski definition) is 1. The number of anilines is 1. The second-order valence-electron chi connectivity index (χ2n) is 5.80. The van der Waals surface area contributed by atoms with E-state index < -0.39 is 10.7 Å². The molecule has 20 heavy (non-hydrogen) atoms. The zero-order valence-electron chi connectivity index (χ0n) is 12.0. The topological polar surface area (TPSA) is 58.4 Å². The van der Waals surface area contributed by atoms with Crippen LogP contribution in [0.2, 0.25) is 0 Å². The van der Waals surface area contributed by atoms with Crippen molar-refractivity contribution in [3.05, 3.63) is 31.6 Å². The summed E-state index contributed by atoms with van der Waals surface area (Å²) in [5.74, 6) is -0.455. The van der Waals surface area contributed by atoms with E-state index in [1.54, 1.807) is 22.6 Å². The highest BCUT2D eigenvalue weighted by Gasteiger charge is 2.22. The highest BCUT2D eigenvalue weighted by Crippen LogP contribution is 2.29. The summed E-state index contributed by atoms with van der Waals surface area (Å²) in [6.45, 7) is 5.44. The average Bonchev–Trinajstić information content (AvgIpc) is 2.28. The third kappa shape index (κ3) is 4.86. The van der Waals surface area contributed by atoms with Crippen molar-refractivity contribution in [1.82, 2.24) is 4.90 Å². The first-order chi connectivity index (χ1) is 9.12. The highest BCUT2D eigenvalue weighted by atomic mass is 127. The molecule has 112 valence electrons. The first kappa shape index (κ1) is 17.1. The molecular weight excluding hydrogens is 376 g/mol. The Labute approximate surface area is 131 Å². The number of halogens is 2. The zero-order chi connectivity index (χ0) is 15.5. The molecule has 1 N–H and O–H groups in total. The van der Waals surface area contributed by atoms with Gasteiger partial charge >= 0.3 is 0 Å². The fourth-order valence-electron chi connectivity index (χ4n) is 2.08. The maximum atomic E-state index is 13.6. The molecule has 1 aromatic rings. The fourth-order valence-corrected chi connectivity index (χ4v) is 2.53. The van der Waals surface area contributed by atoms with Crippen molar-refractivity contribution in [1.29, 1.82) is 0 Å². The van der Waals surface area contributed by atoms with Gasteiger partial charge in [-0.3, -0.25) is 10.1 Å². The molecule has 0 saturated heterocycles. The lowest BCUT2D eigenvalue weighted by Crippen LogP contribution is -2.34. The molecule has 0 spiro atoms. The van der Waals surface area contributed by atoms with Crippen LogP contribution in [-0.4, -0.2) is 37.0 Å². The van der Waals surface area contributed by atoms with Gasteiger partial charge in [0.1, 0.15) is 11.5 Å². The summed E-state index contributed by atoms with van der Waals surface area (Å²) in [6, 6.07) is 2.43. The minimum absolute atomic E-state index is 0.0865. The number of hydrogen-bond acceptors (Lipinski definition) is 4. The minimum atomic E-state index is -0.497. The molecule has 1 rings (SSSR count). The van der Waals surface area contributed by atoms with Crippen LogP contribution >= 0.6 is 22.6 Å². The van der Waals surface area contributed by atoms with Crippen LogP contribution in [-0.2, 0) is 0 Å². The summed E-state index contributed by atoms with van der Waals surface area (Å²) in [7, 11) is 3.93. The molecule has 0 atom stereocenters. The van der Waals surface area contributed by atoms with Crippen molar-refractivity contribution < 1.29 is 9.31 Å². The monoisotopic (exact) mass is 395 g/mol. The first-order valence-electron chi connectivity index (χ1n) is 6.14. The van der Waals surface area contributed by atoms with E-state index >= 15 is 0 Å². The molecule has 0 aromatic heterocycles. The molecule has 0 heterocycles. The van der Waals surface area contributed by atoms with Gasteiger partial charge in [-0.2, -0.15) is 0 Å². The van der Waals surface area contributed by atoms with E-state index in [0.717, 1.165) is 6.54 Å². The number of nitrogens with zero attached hydrogens (tertiary/aromatic N) is 2. The lowest BCUT2D eigenvalue weighted by atomic mass is 9.93. The van der Waals surface area contributed by atoms with Crippen molar-refractivity contribution in [2.75, 3.05) is 32.5 Å². The highest BCUT2D eigenvalue weighted by molar-refractivity contribution is 14.1. The molecule has 0 bridgehead atoms. The van der Waals surface area contributed by atoms with E-state index in [2.05, 4.69) is 19.2 Å². The van der Waals surface area contributed by atoms with Gasteiger partial charge in [-0.25, -0.2) is 4.39 Å². The van der Waals surface area contributed by atoms with Gasteiger partial charge in [0.15, 0.2) is 0 Å². The minimum Gasteiger partial charge on any atom is -0.379 e. The van der Waals surface area contributed by atoms with Crippen LogP contribution in [0, 0.1) is 24.9 Å². The molecule has 0 aliphatic rings. The number of nitrogens with one attached hydrogen (secondary N) is 1. The lowest BCUT2D eigenvalue weighted by molar-refractivity contribution is -0.384. The van der Waals surface area contributed by atoms with Gasteiger partial charge in [0.05, 0.1) is 8.49 Å². The Hall–Kier alpha value is -0.960. The Balaban J connectivity index is 2.92. The summed E-state index contributed by atoms with van der Waals surface area (Å²) in [6.07, 6.45) is 0. The standard InChI is InChI=1S/C13H19FIN3O2/c1-13(2,8-17(3)4)7-16-11-5-9(14)10(15)6-12(11)18(19)20/h5-6,16H,7-8H2,1-4H3. The predicted molar refractivity (Wildman–Crippen MR) is 86.6 cm³/mol.